The first-order valence-electron chi connectivity index (χ1n) is 10.8. The van der Waals surface area contributed by atoms with Crippen LogP contribution in [0.3, 0.4) is 0 Å². The van der Waals surface area contributed by atoms with Crippen LogP contribution >= 0.6 is 0 Å². The monoisotopic (exact) mass is 376 g/mol. The van der Waals surface area contributed by atoms with E-state index in [1.807, 2.05) is 0 Å². The minimum atomic E-state index is 0.651. The van der Waals surface area contributed by atoms with E-state index >= 15 is 0 Å². The van der Waals surface area contributed by atoms with Crippen molar-refractivity contribution in [3.8, 4) is 0 Å². The molecule has 0 radical (unpaired) electrons. The minimum absolute atomic E-state index is 0.651. The van der Waals surface area contributed by atoms with Crippen LogP contribution in [0.5, 0.6) is 0 Å². The van der Waals surface area contributed by atoms with E-state index in [0.29, 0.717) is 26.4 Å². The largest absolute Gasteiger partial charge is 0.381 e. The molecule has 26 heavy (non-hydrogen) atoms. The number of ether oxygens (including phenoxy) is 5. The van der Waals surface area contributed by atoms with E-state index in [1.165, 1.54) is 25.7 Å². The lowest BCUT2D eigenvalue weighted by molar-refractivity contribution is 0.0127. The Morgan fingerprint density at radius 3 is 1.08 bits per heavy atom. The Labute approximate surface area is 162 Å². The van der Waals surface area contributed by atoms with Crippen molar-refractivity contribution in [1.82, 2.24) is 0 Å². The standard InChI is InChI=1S/C21H44O5/c1-3-5-13-23-15-9-7-11-17-25-19-21-26-20-18-24-16-10-6-8-14-22-12-4-2/h3-21H2,1-2H3. The second-order valence-corrected chi connectivity index (χ2v) is 6.54. The first kappa shape index (κ1) is 25.8. The molecule has 158 valence electrons. The van der Waals surface area contributed by atoms with Crippen molar-refractivity contribution in [3.63, 3.8) is 0 Å². The van der Waals surface area contributed by atoms with Crippen molar-refractivity contribution in [2.45, 2.75) is 71.6 Å². The Kier molecular flexibility index (Phi) is 24.6. The van der Waals surface area contributed by atoms with Gasteiger partial charge in [-0.2, -0.15) is 0 Å². The Bertz CT molecular complexity index is 214. The fraction of sp³-hybridized carbons (Fsp3) is 1.00. The minimum Gasteiger partial charge on any atom is -0.381 e. The molecule has 0 bridgehead atoms. The van der Waals surface area contributed by atoms with Crippen LogP contribution in [0.4, 0.5) is 0 Å². The van der Waals surface area contributed by atoms with Crippen molar-refractivity contribution in [3.05, 3.63) is 0 Å². The van der Waals surface area contributed by atoms with Crippen molar-refractivity contribution in [1.29, 1.82) is 0 Å². The molecule has 0 aromatic heterocycles. The maximum atomic E-state index is 5.56. The van der Waals surface area contributed by atoms with E-state index in [-0.39, 0.29) is 0 Å². The average molecular weight is 377 g/mol. The van der Waals surface area contributed by atoms with Crippen LogP contribution in [0.1, 0.15) is 71.6 Å². The van der Waals surface area contributed by atoms with Crippen molar-refractivity contribution in [2.75, 3.05) is 66.1 Å². The lowest BCUT2D eigenvalue weighted by Gasteiger charge is -2.07. The number of hydrogen-bond acceptors (Lipinski definition) is 5. The van der Waals surface area contributed by atoms with Gasteiger partial charge in [0.2, 0.25) is 0 Å². The van der Waals surface area contributed by atoms with Crippen LogP contribution in [0.25, 0.3) is 0 Å². The third-order valence-electron chi connectivity index (χ3n) is 3.89. The van der Waals surface area contributed by atoms with Gasteiger partial charge in [-0.25, -0.2) is 0 Å². The summed E-state index contributed by atoms with van der Waals surface area (Å²) in [5, 5.41) is 0. The van der Waals surface area contributed by atoms with Crippen LogP contribution in [-0.4, -0.2) is 66.1 Å². The number of rotatable bonds is 23. The quantitative estimate of drug-likeness (QED) is 0.244. The van der Waals surface area contributed by atoms with Gasteiger partial charge in [0.05, 0.1) is 26.4 Å². The Hall–Kier alpha value is -0.200. The Balaban J connectivity index is 2.95. The molecule has 0 saturated heterocycles. The zero-order valence-electron chi connectivity index (χ0n) is 17.5. The van der Waals surface area contributed by atoms with Gasteiger partial charge in [-0.15, -0.1) is 0 Å². The van der Waals surface area contributed by atoms with Crippen LogP contribution in [0, 0.1) is 0 Å². The highest BCUT2D eigenvalue weighted by molar-refractivity contribution is 4.43. The van der Waals surface area contributed by atoms with Gasteiger partial charge < -0.3 is 23.7 Å². The second-order valence-electron chi connectivity index (χ2n) is 6.54. The maximum absolute atomic E-state index is 5.56. The van der Waals surface area contributed by atoms with Crippen molar-refractivity contribution in [2.24, 2.45) is 0 Å². The summed E-state index contributed by atoms with van der Waals surface area (Å²) in [4.78, 5) is 0. The summed E-state index contributed by atoms with van der Waals surface area (Å²) in [5.74, 6) is 0. The summed E-state index contributed by atoms with van der Waals surface area (Å²) in [5.41, 5.74) is 0. The summed E-state index contributed by atoms with van der Waals surface area (Å²) in [6.45, 7) is 12.1. The molecule has 0 aliphatic heterocycles. The van der Waals surface area contributed by atoms with Gasteiger partial charge in [-0.05, 0) is 51.4 Å². The molecule has 5 heteroatoms. The third kappa shape index (κ3) is 23.8. The third-order valence-corrected chi connectivity index (χ3v) is 3.89. The molecule has 0 aromatic rings. The first-order chi connectivity index (χ1) is 12.9. The van der Waals surface area contributed by atoms with Crippen molar-refractivity contribution >= 4 is 0 Å². The van der Waals surface area contributed by atoms with Crippen LogP contribution in [0.2, 0.25) is 0 Å². The van der Waals surface area contributed by atoms with Gasteiger partial charge in [0.25, 0.3) is 0 Å². The summed E-state index contributed by atoms with van der Waals surface area (Å²) in [6, 6.07) is 0. The first-order valence-corrected chi connectivity index (χ1v) is 10.8. The van der Waals surface area contributed by atoms with E-state index in [1.54, 1.807) is 0 Å². The molecule has 0 atom stereocenters. The number of unbranched alkanes of at least 4 members (excludes halogenated alkanes) is 5. The summed E-state index contributed by atoms with van der Waals surface area (Å²) in [7, 11) is 0. The van der Waals surface area contributed by atoms with E-state index in [0.717, 1.165) is 71.7 Å². The molecule has 0 spiro atoms. The van der Waals surface area contributed by atoms with Gasteiger partial charge in [-0.3, -0.25) is 0 Å². The molecule has 5 nitrogen and oxygen atoms in total. The normalized spacial score (nSPS) is 11.3. The zero-order chi connectivity index (χ0) is 19.0. The average Bonchev–Trinajstić information content (AvgIpc) is 2.66. The zero-order valence-corrected chi connectivity index (χ0v) is 17.5. The second kappa shape index (κ2) is 24.8. The molecule has 0 heterocycles. The molecule has 0 saturated carbocycles. The van der Waals surface area contributed by atoms with Gasteiger partial charge >= 0.3 is 0 Å². The van der Waals surface area contributed by atoms with Crippen LogP contribution in [-0.2, 0) is 23.7 Å². The highest BCUT2D eigenvalue weighted by Gasteiger charge is 1.94. The maximum Gasteiger partial charge on any atom is 0.0701 e. The van der Waals surface area contributed by atoms with Crippen LogP contribution < -0.4 is 0 Å². The SMILES string of the molecule is CCCCOCCCCCOCCOCCOCCCCCOCCC. The number of hydrogen-bond donors (Lipinski definition) is 0. The molecule has 0 unspecified atom stereocenters. The Morgan fingerprint density at radius 2 is 0.654 bits per heavy atom. The fourth-order valence-corrected chi connectivity index (χ4v) is 2.31. The lowest BCUT2D eigenvalue weighted by Crippen LogP contribution is -2.10. The summed E-state index contributed by atoms with van der Waals surface area (Å²) in [6.07, 6.45) is 10.3. The molecule has 0 aromatic carbocycles. The van der Waals surface area contributed by atoms with E-state index < -0.39 is 0 Å². The molecule has 0 fully saturated rings. The molecular weight excluding hydrogens is 332 g/mol. The molecule has 0 N–H and O–H groups in total. The van der Waals surface area contributed by atoms with E-state index in [2.05, 4.69) is 13.8 Å². The summed E-state index contributed by atoms with van der Waals surface area (Å²) >= 11 is 0. The highest BCUT2D eigenvalue weighted by Crippen LogP contribution is 1.99. The van der Waals surface area contributed by atoms with Gasteiger partial charge in [-0.1, -0.05) is 20.3 Å². The van der Waals surface area contributed by atoms with E-state index in [4.69, 9.17) is 23.7 Å². The molecule has 0 amide bonds. The predicted octanol–water partition coefficient (Wildman–Crippen LogP) is 4.62. The molecular formula is C21H44O5. The van der Waals surface area contributed by atoms with Crippen LogP contribution in [0.15, 0.2) is 0 Å². The highest BCUT2D eigenvalue weighted by atomic mass is 16.5. The molecule has 0 aliphatic carbocycles. The summed E-state index contributed by atoms with van der Waals surface area (Å²) < 4.78 is 27.6. The van der Waals surface area contributed by atoms with Gasteiger partial charge in [0.15, 0.2) is 0 Å². The fourth-order valence-electron chi connectivity index (χ4n) is 2.31. The molecule has 0 rings (SSSR count). The van der Waals surface area contributed by atoms with Crippen molar-refractivity contribution < 1.29 is 23.7 Å². The lowest BCUT2D eigenvalue weighted by atomic mass is 10.2. The van der Waals surface area contributed by atoms with Gasteiger partial charge in [0.1, 0.15) is 0 Å². The Morgan fingerprint density at radius 1 is 0.308 bits per heavy atom. The predicted molar refractivity (Wildman–Crippen MR) is 107 cm³/mol. The van der Waals surface area contributed by atoms with E-state index in [9.17, 15) is 0 Å². The topological polar surface area (TPSA) is 46.2 Å². The smallest absolute Gasteiger partial charge is 0.0701 e. The molecule has 0 aliphatic rings. The van der Waals surface area contributed by atoms with Gasteiger partial charge in [0, 0.05) is 39.6 Å².